The molecule has 0 saturated carbocycles. The Balaban J connectivity index is 1.40. The zero-order chi connectivity index (χ0) is 20.4. The fourth-order valence-electron chi connectivity index (χ4n) is 3.43. The van der Waals surface area contributed by atoms with Gasteiger partial charge in [0.25, 0.3) is 5.91 Å². The van der Waals surface area contributed by atoms with Crippen molar-refractivity contribution in [2.75, 3.05) is 20.2 Å². The van der Waals surface area contributed by atoms with E-state index in [1.807, 2.05) is 4.90 Å². The zero-order valence-corrected chi connectivity index (χ0v) is 16.5. The van der Waals surface area contributed by atoms with Crippen LogP contribution >= 0.6 is 11.6 Å². The summed E-state index contributed by atoms with van der Waals surface area (Å²) in [5.41, 5.74) is 0.874. The number of ether oxygens (including phenoxy) is 1. The molecule has 2 heterocycles. The highest BCUT2D eigenvalue weighted by atomic mass is 35.5. The van der Waals surface area contributed by atoms with Crippen LogP contribution in [0.15, 0.2) is 47.0 Å². The average molecular weight is 416 g/mol. The highest BCUT2D eigenvalue weighted by Crippen LogP contribution is 2.30. The summed E-state index contributed by atoms with van der Waals surface area (Å²) in [5, 5.41) is 4.22. The molecule has 1 fully saturated rings. The fraction of sp³-hybridized carbons (Fsp3) is 0.286. The minimum Gasteiger partial charge on any atom is -0.497 e. The molecule has 1 amide bonds. The summed E-state index contributed by atoms with van der Waals surface area (Å²) in [6, 6.07) is 11.4. The molecule has 150 valence electrons. The third kappa shape index (κ3) is 4.10. The van der Waals surface area contributed by atoms with Crippen LogP contribution in [0.4, 0.5) is 4.39 Å². The second kappa shape index (κ2) is 8.21. The number of hydrogen-bond donors (Lipinski definition) is 0. The van der Waals surface area contributed by atoms with E-state index in [2.05, 4.69) is 10.1 Å². The highest BCUT2D eigenvalue weighted by Gasteiger charge is 2.28. The van der Waals surface area contributed by atoms with Crippen molar-refractivity contribution in [3.05, 3.63) is 64.8 Å². The molecule has 8 heteroatoms. The van der Waals surface area contributed by atoms with Gasteiger partial charge < -0.3 is 14.2 Å². The predicted molar refractivity (Wildman–Crippen MR) is 106 cm³/mol. The van der Waals surface area contributed by atoms with Gasteiger partial charge in [-0.3, -0.25) is 4.79 Å². The van der Waals surface area contributed by atoms with E-state index in [4.69, 9.17) is 20.9 Å². The number of carbonyl (C=O) groups is 1. The first-order chi connectivity index (χ1) is 14.0. The molecule has 1 aromatic heterocycles. The normalized spacial score (nSPS) is 14.8. The number of benzene rings is 2. The molecule has 0 unspecified atom stereocenters. The lowest BCUT2D eigenvalue weighted by Crippen LogP contribution is -2.37. The van der Waals surface area contributed by atoms with Crippen LogP contribution in [0.25, 0.3) is 11.4 Å². The highest BCUT2D eigenvalue weighted by molar-refractivity contribution is 6.30. The van der Waals surface area contributed by atoms with Crippen molar-refractivity contribution in [3.63, 3.8) is 0 Å². The van der Waals surface area contributed by atoms with Crippen molar-refractivity contribution in [3.8, 4) is 17.1 Å². The summed E-state index contributed by atoms with van der Waals surface area (Å²) in [4.78, 5) is 18.9. The van der Waals surface area contributed by atoms with Gasteiger partial charge in [-0.15, -0.1) is 0 Å². The van der Waals surface area contributed by atoms with Crippen LogP contribution in [0.5, 0.6) is 5.75 Å². The van der Waals surface area contributed by atoms with Gasteiger partial charge in [0.15, 0.2) is 0 Å². The number of nitrogens with zero attached hydrogens (tertiary/aromatic N) is 3. The molecule has 29 heavy (non-hydrogen) atoms. The molecule has 1 aliphatic heterocycles. The number of carbonyl (C=O) groups excluding carboxylic acids is 1. The lowest BCUT2D eigenvalue weighted by molar-refractivity contribution is 0.0704. The number of hydrogen-bond acceptors (Lipinski definition) is 5. The standard InChI is InChI=1S/C21H19ClFN3O3/c1-28-16-5-2-14(3-6-16)21(27)26-10-8-13(9-11-26)20-24-19(25-29-20)17-7-4-15(22)12-18(17)23/h2-7,12-13H,8-11H2,1H3. The van der Waals surface area contributed by atoms with Gasteiger partial charge in [0.2, 0.25) is 11.7 Å². The number of aromatic nitrogens is 2. The number of piperidine rings is 1. The maximum absolute atomic E-state index is 14.1. The van der Waals surface area contributed by atoms with Crippen molar-refractivity contribution in [2.24, 2.45) is 0 Å². The van der Waals surface area contributed by atoms with Crippen LogP contribution in [0, 0.1) is 5.82 Å². The first-order valence-electron chi connectivity index (χ1n) is 9.27. The second-order valence-electron chi connectivity index (χ2n) is 6.88. The molecular formula is C21H19ClFN3O3. The summed E-state index contributed by atoms with van der Waals surface area (Å²) < 4.78 is 24.6. The molecule has 1 saturated heterocycles. The lowest BCUT2D eigenvalue weighted by Gasteiger charge is -2.30. The van der Waals surface area contributed by atoms with E-state index in [-0.39, 0.29) is 23.2 Å². The van der Waals surface area contributed by atoms with Gasteiger partial charge in [-0.2, -0.15) is 4.98 Å². The molecule has 6 nitrogen and oxygen atoms in total. The van der Waals surface area contributed by atoms with Crippen LogP contribution < -0.4 is 4.74 Å². The molecule has 2 aromatic carbocycles. The third-order valence-corrected chi connectivity index (χ3v) is 5.32. The number of methoxy groups -OCH3 is 1. The Labute approximate surface area is 172 Å². The van der Waals surface area contributed by atoms with Crippen LogP contribution in [0.1, 0.15) is 35.0 Å². The monoisotopic (exact) mass is 415 g/mol. The first-order valence-corrected chi connectivity index (χ1v) is 9.65. The maximum Gasteiger partial charge on any atom is 0.253 e. The predicted octanol–water partition coefficient (Wildman–Crippen LogP) is 4.56. The van der Waals surface area contributed by atoms with Crippen molar-refractivity contribution in [1.29, 1.82) is 0 Å². The topological polar surface area (TPSA) is 68.5 Å². The van der Waals surface area contributed by atoms with Gasteiger partial charge in [-0.05, 0) is 55.3 Å². The molecule has 0 spiro atoms. The van der Waals surface area contributed by atoms with E-state index in [1.54, 1.807) is 37.4 Å². The molecule has 0 bridgehead atoms. The molecule has 3 aromatic rings. The van der Waals surface area contributed by atoms with Gasteiger partial charge in [0, 0.05) is 29.6 Å². The number of likely N-dealkylation sites (tertiary alicyclic amines) is 1. The molecule has 0 N–H and O–H groups in total. The van der Waals surface area contributed by atoms with Gasteiger partial charge in [0.1, 0.15) is 11.6 Å². The molecule has 0 atom stereocenters. The summed E-state index contributed by atoms with van der Waals surface area (Å²) in [5.74, 6) is 0.901. The molecule has 0 radical (unpaired) electrons. The molecule has 4 rings (SSSR count). The Kier molecular flexibility index (Phi) is 5.49. The maximum atomic E-state index is 14.1. The van der Waals surface area contributed by atoms with Gasteiger partial charge in [0.05, 0.1) is 12.7 Å². The Morgan fingerprint density at radius 3 is 2.59 bits per heavy atom. The Bertz CT molecular complexity index is 1010. The van der Waals surface area contributed by atoms with E-state index in [0.717, 1.165) is 0 Å². The smallest absolute Gasteiger partial charge is 0.253 e. The van der Waals surface area contributed by atoms with Crippen LogP contribution in [-0.2, 0) is 0 Å². The zero-order valence-electron chi connectivity index (χ0n) is 15.8. The fourth-order valence-corrected chi connectivity index (χ4v) is 3.59. The third-order valence-electron chi connectivity index (χ3n) is 5.08. The Hall–Kier alpha value is -2.93. The summed E-state index contributed by atoms with van der Waals surface area (Å²) in [7, 11) is 1.59. The van der Waals surface area contributed by atoms with E-state index in [9.17, 15) is 9.18 Å². The van der Waals surface area contributed by atoms with Crippen molar-refractivity contribution < 1.29 is 18.4 Å². The van der Waals surface area contributed by atoms with Crippen LogP contribution in [-0.4, -0.2) is 41.1 Å². The van der Waals surface area contributed by atoms with E-state index in [0.29, 0.717) is 48.2 Å². The van der Waals surface area contributed by atoms with E-state index >= 15 is 0 Å². The number of rotatable bonds is 4. The summed E-state index contributed by atoms with van der Waals surface area (Å²) in [6.07, 6.45) is 1.40. The SMILES string of the molecule is COc1ccc(C(=O)N2CCC(c3nc(-c4ccc(Cl)cc4F)no3)CC2)cc1. The molecular weight excluding hydrogens is 397 g/mol. The molecule has 1 aliphatic rings. The Morgan fingerprint density at radius 1 is 1.21 bits per heavy atom. The largest absolute Gasteiger partial charge is 0.497 e. The second-order valence-corrected chi connectivity index (χ2v) is 7.31. The van der Waals surface area contributed by atoms with E-state index in [1.165, 1.54) is 12.1 Å². The van der Waals surface area contributed by atoms with Gasteiger partial charge in [-0.25, -0.2) is 4.39 Å². The number of amides is 1. The molecule has 0 aliphatic carbocycles. The first kappa shape index (κ1) is 19.4. The summed E-state index contributed by atoms with van der Waals surface area (Å²) >= 11 is 5.79. The van der Waals surface area contributed by atoms with Crippen LogP contribution in [0.2, 0.25) is 5.02 Å². The van der Waals surface area contributed by atoms with Gasteiger partial charge in [-0.1, -0.05) is 16.8 Å². The summed E-state index contributed by atoms with van der Waals surface area (Å²) in [6.45, 7) is 1.17. The average Bonchev–Trinajstić information content (AvgIpc) is 3.23. The van der Waals surface area contributed by atoms with Crippen LogP contribution in [0.3, 0.4) is 0 Å². The number of halogens is 2. The Morgan fingerprint density at radius 2 is 1.93 bits per heavy atom. The van der Waals surface area contributed by atoms with Gasteiger partial charge >= 0.3 is 0 Å². The van der Waals surface area contributed by atoms with Crippen molar-refractivity contribution >= 4 is 17.5 Å². The van der Waals surface area contributed by atoms with Crippen molar-refractivity contribution in [1.82, 2.24) is 15.0 Å². The van der Waals surface area contributed by atoms with E-state index < -0.39 is 5.82 Å². The minimum atomic E-state index is -0.496. The minimum absolute atomic E-state index is 0.0134. The van der Waals surface area contributed by atoms with Crippen molar-refractivity contribution in [2.45, 2.75) is 18.8 Å². The quantitative estimate of drug-likeness (QED) is 0.625. The lowest BCUT2D eigenvalue weighted by atomic mass is 9.96.